The minimum atomic E-state index is 0.590. The highest BCUT2D eigenvalue weighted by Gasteiger charge is 2.24. The second-order valence-corrected chi connectivity index (χ2v) is 6.61. The molecule has 0 saturated carbocycles. The lowest BCUT2D eigenvalue weighted by molar-refractivity contribution is 0.168. The topological polar surface area (TPSA) is 15.3 Å². The van der Waals surface area contributed by atoms with Crippen LogP contribution in [0.3, 0.4) is 0 Å². The Morgan fingerprint density at radius 2 is 1.90 bits per heavy atom. The maximum absolute atomic E-state index is 3.76. The van der Waals surface area contributed by atoms with Crippen LogP contribution in [0.5, 0.6) is 0 Å². The van der Waals surface area contributed by atoms with Crippen molar-refractivity contribution in [3.05, 3.63) is 35.9 Å². The van der Waals surface area contributed by atoms with Crippen LogP contribution in [0.2, 0.25) is 0 Å². The normalized spacial score (nSPS) is 24.2. The first kappa shape index (κ1) is 16.5. The van der Waals surface area contributed by atoms with Crippen molar-refractivity contribution < 1.29 is 0 Å². The van der Waals surface area contributed by atoms with Crippen LogP contribution in [0.15, 0.2) is 30.3 Å². The van der Waals surface area contributed by atoms with E-state index in [9.17, 15) is 0 Å². The number of nitrogens with one attached hydrogen (secondary N) is 1. The number of rotatable bonds is 6. The maximum Gasteiger partial charge on any atom is 0.0235 e. The average Bonchev–Trinajstić information content (AvgIpc) is 2.68. The van der Waals surface area contributed by atoms with Gasteiger partial charge in [-0.25, -0.2) is 0 Å². The van der Waals surface area contributed by atoms with Gasteiger partial charge in [-0.2, -0.15) is 0 Å². The van der Waals surface area contributed by atoms with Crippen molar-refractivity contribution in [1.82, 2.24) is 10.2 Å². The Hall–Kier alpha value is -0.860. The third kappa shape index (κ3) is 5.12. The van der Waals surface area contributed by atoms with Gasteiger partial charge in [0.15, 0.2) is 0 Å². The largest absolute Gasteiger partial charge is 0.312 e. The lowest BCUT2D eigenvalue weighted by atomic mass is 10.0. The molecule has 0 radical (unpaired) electrons. The van der Waals surface area contributed by atoms with Crippen molar-refractivity contribution in [2.24, 2.45) is 5.92 Å². The minimum absolute atomic E-state index is 0.590. The molecule has 2 unspecified atom stereocenters. The van der Waals surface area contributed by atoms with Crippen LogP contribution in [0.4, 0.5) is 0 Å². The van der Waals surface area contributed by atoms with Crippen molar-refractivity contribution in [1.29, 1.82) is 0 Å². The predicted octanol–water partition coefficient (Wildman–Crippen LogP) is 3.72. The molecule has 1 aromatic rings. The average molecular weight is 288 g/mol. The van der Waals surface area contributed by atoms with E-state index in [2.05, 4.69) is 61.3 Å². The Bertz CT molecular complexity index is 386. The van der Waals surface area contributed by atoms with Gasteiger partial charge in [-0.3, -0.25) is 4.90 Å². The molecule has 1 fully saturated rings. The summed E-state index contributed by atoms with van der Waals surface area (Å²) in [6.45, 7) is 10.7. The van der Waals surface area contributed by atoms with Crippen LogP contribution in [0.1, 0.15) is 45.6 Å². The van der Waals surface area contributed by atoms with Crippen LogP contribution < -0.4 is 5.32 Å². The Morgan fingerprint density at radius 3 is 2.57 bits per heavy atom. The third-order valence-corrected chi connectivity index (χ3v) is 5.05. The van der Waals surface area contributed by atoms with Crippen molar-refractivity contribution in [2.75, 3.05) is 19.6 Å². The molecule has 2 rings (SSSR count). The summed E-state index contributed by atoms with van der Waals surface area (Å²) in [5, 5.41) is 3.76. The standard InChI is InChI=1S/C19H32N2/c1-4-17(5-2)14-21-15-19(20-12-11-16(21)3)13-18-9-7-6-8-10-18/h6-10,16-17,19-20H,4-5,11-15H2,1-3H3. The van der Waals surface area contributed by atoms with Gasteiger partial charge in [0.2, 0.25) is 0 Å². The first-order chi connectivity index (χ1) is 10.2. The molecular weight excluding hydrogens is 256 g/mol. The molecule has 2 heteroatoms. The molecule has 0 amide bonds. The zero-order valence-corrected chi connectivity index (χ0v) is 14.0. The molecule has 1 aliphatic heterocycles. The SMILES string of the molecule is CCC(CC)CN1CC(Cc2ccccc2)NCCC1C. The van der Waals surface area contributed by atoms with Gasteiger partial charge in [-0.05, 0) is 37.8 Å². The van der Waals surface area contributed by atoms with Crippen molar-refractivity contribution >= 4 is 0 Å². The molecule has 0 aliphatic carbocycles. The van der Waals surface area contributed by atoms with Gasteiger partial charge in [-0.15, -0.1) is 0 Å². The summed E-state index contributed by atoms with van der Waals surface area (Å²) in [6, 6.07) is 12.2. The number of hydrogen-bond acceptors (Lipinski definition) is 2. The molecule has 118 valence electrons. The first-order valence-electron chi connectivity index (χ1n) is 8.74. The number of nitrogens with zero attached hydrogens (tertiary/aromatic N) is 1. The molecule has 1 saturated heterocycles. The maximum atomic E-state index is 3.76. The van der Waals surface area contributed by atoms with Gasteiger partial charge < -0.3 is 5.32 Å². The van der Waals surface area contributed by atoms with Crippen LogP contribution in [-0.4, -0.2) is 36.6 Å². The minimum Gasteiger partial charge on any atom is -0.312 e. The van der Waals surface area contributed by atoms with Gasteiger partial charge in [0, 0.05) is 25.2 Å². The highest BCUT2D eigenvalue weighted by Crippen LogP contribution is 2.17. The van der Waals surface area contributed by atoms with E-state index in [0.717, 1.165) is 18.9 Å². The van der Waals surface area contributed by atoms with E-state index in [1.807, 2.05) is 0 Å². The fourth-order valence-corrected chi connectivity index (χ4v) is 3.37. The fourth-order valence-electron chi connectivity index (χ4n) is 3.37. The van der Waals surface area contributed by atoms with Crippen molar-refractivity contribution in [3.63, 3.8) is 0 Å². The van der Waals surface area contributed by atoms with Crippen LogP contribution in [0.25, 0.3) is 0 Å². The zero-order chi connectivity index (χ0) is 15.1. The van der Waals surface area contributed by atoms with Crippen LogP contribution in [0, 0.1) is 5.92 Å². The molecule has 2 atom stereocenters. The summed E-state index contributed by atoms with van der Waals surface area (Å²) in [5.41, 5.74) is 1.45. The van der Waals surface area contributed by atoms with Gasteiger partial charge in [-0.1, -0.05) is 57.0 Å². The second-order valence-electron chi connectivity index (χ2n) is 6.61. The summed E-state index contributed by atoms with van der Waals surface area (Å²) >= 11 is 0. The van der Waals surface area contributed by atoms with Gasteiger partial charge in [0.05, 0.1) is 0 Å². The van der Waals surface area contributed by atoms with Crippen molar-refractivity contribution in [2.45, 2.75) is 58.5 Å². The smallest absolute Gasteiger partial charge is 0.0235 e. The lowest BCUT2D eigenvalue weighted by Crippen LogP contribution is -2.43. The Balaban J connectivity index is 1.96. The Kier molecular flexibility index (Phi) is 6.72. The first-order valence-corrected chi connectivity index (χ1v) is 8.74. The number of hydrogen-bond donors (Lipinski definition) is 1. The Morgan fingerprint density at radius 1 is 1.19 bits per heavy atom. The highest BCUT2D eigenvalue weighted by molar-refractivity contribution is 5.16. The molecule has 0 bridgehead atoms. The fraction of sp³-hybridized carbons (Fsp3) is 0.684. The van der Waals surface area contributed by atoms with Gasteiger partial charge >= 0.3 is 0 Å². The third-order valence-electron chi connectivity index (χ3n) is 5.05. The Labute approximate surface area is 130 Å². The van der Waals surface area contributed by atoms with E-state index >= 15 is 0 Å². The zero-order valence-electron chi connectivity index (χ0n) is 14.0. The quantitative estimate of drug-likeness (QED) is 0.858. The molecule has 1 heterocycles. The summed E-state index contributed by atoms with van der Waals surface area (Å²) in [7, 11) is 0. The predicted molar refractivity (Wildman–Crippen MR) is 91.7 cm³/mol. The summed E-state index contributed by atoms with van der Waals surface area (Å²) in [4.78, 5) is 2.73. The molecule has 2 nitrogen and oxygen atoms in total. The van der Waals surface area contributed by atoms with Crippen LogP contribution >= 0.6 is 0 Å². The summed E-state index contributed by atoms with van der Waals surface area (Å²) in [6.07, 6.45) is 5.02. The highest BCUT2D eigenvalue weighted by atomic mass is 15.2. The molecule has 21 heavy (non-hydrogen) atoms. The molecular formula is C19H32N2. The van der Waals surface area contributed by atoms with Gasteiger partial charge in [0.1, 0.15) is 0 Å². The summed E-state index contributed by atoms with van der Waals surface area (Å²) < 4.78 is 0. The van der Waals surface area contributed by atoms with Gasteiger partial charge in [0.25, 0.3) is 0 Å². The molecule has 0 aromatic heterocycles. The van der Waals surface area contributed by atoms with Crippen molar-refractivity contribution in [3.8, 4) is 0 Å². The monoisotopic (exact) mass is 288 g/mol. The van der Waals surface area contributed by atoms with E-state index in [4.69, 9.17) is 0 Å². The molecule has 1 aromatic carbocycles. The molecule has 1 N–H and O–H groups in total. The van der Waals surface area contributed by atoms with Crippen LogP contribution in [-0.2, 0) is 6.42 Å². The van der Waals surface area contributed by atoms with E-state index in [1.165, 1.54) is 37.9 Å². The van der Waals surface area contributed by atoms with E-state index in [-0.39, 0.29) is 0 Å². The second kappa shape index (κ2) is 8.55. The molecule has 1 aliphatic rings. The van der Waals surface area contributed by atoms with E-state index in [1.54, 1.807) is 0 Å². The van der Waals surface area contributed by atoms with E-state index in [0.29, 0.717) is 12.1 Å². The summed E-state index contributed by atoms with van der Waals surface area (Å²) in [5.74, 6) is 0.850. The molecule has 0 spiro atoms. The van der Waals surface area contributed by atoms with E-state index < -0.39 is 0 Å². The number of benzene rings is 1. The lowest BCUT2D eigenvalue weighted by Gasteiger charge is -2.32.